The van der Waals surface area contributed by atoms with Gasteiger partial charge in [-0.3, -0.25) is 14.9 Å². The third kappa shape index (κ3) is 4.54. The van der Waals surface area contributed by atoms with Crippen LogP contribution in [-0.4, -0.2) is 43.2 Å². The van der Waals surface area contributed by atoms with E-state index >= 15 is 0 Å². The maximum absolute atomic E-state index is 12.5. The molecule has 152 valence electrons. The van der Waals surface area contributed by atoms with Gasteiger partial charge in [-0.1, -0.05) is 0 Å². The molecular formula is C19H19N3O7. The Kier molecular flexibility index (Phi) is 5.82. The SMILES string of the molecule is CNc1ccc([N+](=O)[O-])cc1C(=O)O[C@@H](C)C(=O)Nc1ccc2c(c1)OCCO2. The number of hydrogen-bond donors (Lipinski definition) is 2. The lowest BCUT2D eigenvalue weighted by Crippen LogP contribution is -2.30. The van der Waals surface area contributed by atoms with Crippen molar-refractivity contribution in [1.29, 1.82) is 0 Å². The number of amides is 1. The van der Waals surface area contributed by atoms with Crippen molar-refractivity contribution in [3.05, 3.63) is 52.1 Å². The van der Waals surface area contributed by atoms with Crippen LogP contribution in [-0.2, 0) is 9.53 Å². The van der Waals surface area contributed by atoms with Crippen LogP contribution < -0.4 is 20.1 Å². The van der Waals surface area contributed by atoms with Crippen LogP contribution in [0.4, 0.5) is 17.1 Å². The average molecular weight is 401 g/mol. The van der Waals surface area contributed by atoms with E-state index in [1.165, 1.54) is 19.1 Å². The predicted molar refractivity (Wildman–Crippen MR) is 104 cm³/mol. The third-order valence-corrected chi connectivity index (χ3v) is 4.17. The van der Waals surface area contributed by atoms with E-state index in [2.05, 4.69) is 10.6 Å². The van der Waals surface area contributed by atoms with E-state index in [-0.39, 0.29) is 11.3 Å². The maximum Gasteiger partial charge on any atom is 0.341 e. The van der Waals surface area contributed by atoms with Gasteiger partial charge in [-0.15, -0.1) is 0 Å². The quantitative estimate of drug-likeness (QED) is 0.429. The number of carbonyl (C=O) groups excluding carboxylic acids is 2. The van der Waals surface area contributed by atoms with Crippen molar-refractivity contribution in [2.45, 2.75) is 13.0 Å². The number of anilines is 2. The molecule has 0 unspecified atom stereocenters. The molecule has 0 radical (unpaired) electrons. The Morgan fingerprint density at radius 1 is 1.14 bits per heavy atom. The molecule has 0 spiro atoms. The molecule has 1 heterocycles. The molecule has 1 aliphatic rings. The summed E-state index contributed by atoms with van der Waals surface area (Å²) in [7, 11) is 1.57. The first kappa shape index (κ1) is 19.9. The lowest BCUT2D eigenvalue weighted by molar-refractivity contribution is -0.384. The normalized spacial score (nSPS) is 13.2. The van der Waals surface area contributed by atoms with E-state index in [4.69, 9.17) is 14.2 Å². The molecule has 29 heavy (non-hydrogen) atoms. The highest BCUT2D eigenvalue weighted by atomic mass is 16.6. The highest BCUT2D eigenvalue weighted by Gasteiger charge is 2.23. The number of benzene rings is 2. The van der Waals surface area contributed by atoms with Crippen molar-refractivity contribution in [3.8, 4) is 11.5 Å². The number of hydrogen-bond acceptors (Lipinski definition) is 8. The first-order valence-corrected chi connectivity index (χ1v) is 8.76. The van der Waals surface area contributed by atoms with Crippen molar-refractivity contribution in [1.82, 2.24) is 0 Å². The smallest absolute Gasteiger partial charge is 0.341 e. The van der Waals surface area contributed by atoms with Gasteiger partial charge in [0.15, 0.2) is 17.6 Å². The zero-order valence-electron chi connectivity index (χ0n) is 15.8. The number of nitro benzene ring substituents is 1. The fraction of sp³-hybridized carbons (Fsp3) is 0.263. The molecule has 2 aromatic carbocycles. The Bertz CT molecular complexity index is 961. The molecule has 1 atom stereocenters. The molecule has 10 heteroatoms. The number of nitrogens with one attached hydrogen (secondary N) is 2. The van der Waals surface area contributed by atoms with Crippen molar-refractivity contribution in [3.63, 3.8) is 0 Å². The Labute approximate surface area is 165 Å². The Morgan fingerprint density at radius 3 is 2.55 bits per heavy atom. The van der Waals surface area contributed by atoms with Gasteiger partial charge in [-0.05, 0) is 25.1 Å². The van der Waals surface area contributed by atoms with Gasteiger partial charge in [-0.2, -0.15) is 0 Å². The fourth-order valence-corrected chi connectivity index (χ4v) is 2.68. The molecule has 0 aromatic heterocycles. The van der Waals surface area contributed by atoms with Gasteiger partial charge < -0.3 is 24.8 Å². The molecule has 0 saturated carbocycles. The summed E-state index contributed by atoms with van der Waals surface area (Å²) >= 11 is 0. The third-order valence-electron chi connectivity index (χ3n) is 4.17. The second-order valence-electron chi connectivity index (χ2n) is 6.13. The van der Waals surface area contributed by atoms with Crippen LogP contribution in [0.5, 0.6) is 11.5 Å². The summed E-state index contributed by atoms with van der Waals surface area (Å²) in [6.45, 7) is 2.27. The fourth-order valence-electron chi connectivity index (χ4n) is 2.68. The lowest BCUT2D eigenvalue weighted by Gasteiger charge is -2.19. The highest BCUT2D eigenvalue weighted by Crippen LogP contribution is 2.32. The molecule has 10 nitrogen and oxygen atoms in total. The van der Waals surface area contributed by atoms with Crippen LogP contribution in [0.1, 0.15) is 17.3 Å². The molecule has 1 aliphatic heterocycles. The summed E-state index contributed by atoms with van der Waals surface area (Å²) in [5.41, 5.74) is 0.499. The number of non-ortho nitro benzene ring substituents is 1. The molecule has 0 saturated heterocycles. The van der Waals surface area contributed by atoms with Crippen molar-refractivity contribution < 1.29 is 28.7 Å². The molecule has 2 N–H and O–H groups in total. The van der Waals surface area contributed by atoms with Gasteiger partial charge in [-0.25, -0.2) is 4.79 Å². The zero-order valence-corrected chi connectivity index (χ0v) is 15.8. The molecular weight excluding hydrogens is 382 g/mol. The van der Waals surface area contributed by atoms with Crippen molar-refractivity contribution in [2.24, 2.45) is 0 Å². The van der Waals surface area contributed by atoms with Gasteiger partial charge in [0.1, 0.15) is 13.2 Å². The summed E-state index contributed by atoms with van der Waals surface area (Å²) < 4.78 is 16.1. The molecule has 3 rings (SSSR count). The van der Waals surface area contributed by atoms with E-state index in [0.29, 0.717) is 36.1 Å². The van der Waals surface area contributed by atoms with Crippen LogP contribution in [0.25, 0.3) is 0 Å². The number of ether oxygens (including phenoxy) is 3. The number of nitro groups is 1. The lowest BCUT2D eigenvalue weighted by atomic mass is 10.1. The van der Waals surface area contributed by atoms with Crippen molar-refractivity contribution >= 4 is 28.9 Å². The summed E-state index contributed by atoms with van der Waals surface area (Å²) in [5, 5.41) is 16.4. The van der Waals surface area contributed by atoms with Crippen LogP contribution in [0.15, 0.2) is 36.4 Å². The van der Waals surface area contributed by atoms with Gasteiger partial charge >= 0.3 is 5.97 Å². The summed E-state index contributed by atoms with van der Waals surface area (Å²) in [6, 6.07) is 8.68. The standard InChI is InChI=1S/C19H19N3O7/c1-11(18(23)21-12-3-6-16-17(9-12)28-8-7-27-16)29-19(24)14-10-13(22(25)26)4-5-15(14)20-2/h3-6,9-11,20H,7-8H2,1-2H3,(H,21,23)/t11-/m0/s1. The zero-order chi connectivity index (χ0) is 21.0. The summed E-state index contributed by atoms with van der Waals surface area (Å²) in [5.74, 6) is -0.331. The number of nitrogens with zero attached hydrogens (tertiary/aromatic N) is 1. The first-order valence-electron chi connectivity index (χ1n) is 8.76. The van der Waals surface area contributed by atoms with Crippen molar-refractivity contribution in [2.75, 3.05) is 30.9 Å². The van der Waals surface area contributed by atoms with Gasteiger partial charge in [0, 0.05) is 36.6 Å². The van der Waals surface area contributed by atoms with E-state index in [1.54, 1.807) is 25.2 Å². The molecule has 0 fully saturated rings. The van der Waals surface area contributed by atoms with Gasteiger partial charge in [0.05, 0.1) is 10.5 Å². The van der Waals surface area contributed by atoms with E-state index in [1.807, 2.05) is 0 Å². The minimum atomic E-state index is -1.14. The van der Waals surface area contributed by atoms with Crippen LogP contribution >= 0.6 is 0 Å². The first-order chi connectivity index (χ1) is 13.9. The summed E-state index contributed by atoms with van der Waals surface area (Å²) in [4.78, 5) is 35.2. The van der Waals surface area contributed by atoms with Gasteiger partial charge in [0.2, 0.25) is 0 Å². The molecule has 0 bridgehead atoms. The second-order valence-corrected chi connectivity index (χ2v) is 6.13. The van der Waals surface area contributed by atoms with Crippen LogP contribution in [0.3, 0.4) is 0 Å². The van der Waals surface area contributed by atoms with E-state index in [0.717, 1.165) is 6.07 Å². The summed E-state index contributed by atoms with van der Waals surface area (Å²) in [6.07, 6.45) is -1.14. The van der Waals surface area contributed by atoms with E-state index < -0.39 is 22.9 Å². The topological polar surface area (TPSA) is 129 Å². The average Bonchev–Trinajstić information content (AvgIpc) is 2.72. The number of fused-ring (bicyclic) bond motifs is 1. The second kappa shape index (κ2) is 8.46. The number of rotatable bonds is 6. The predicted octanol–water partition coefficient (Wildman–Crippen LogP) is 2.59. The minimum absolute atomic E-state index is 0.0410. The molecule has 2 aromatic rings. The minimum Gasteiger partial charge on any atom is -0.486 e. The largest absolute Gasteiger partial charge is 0.486 e. The number of carbonyl (C=O) groups is 2. The molecule has 1 amide bonds. The maximum atomic E-state index is 12.5. The number of esters is 1. The van der Waals surface area contributed by atoms with E-state index in [9.17, 15) is 19.7 Å². The molecule has 0 aliphatic carbocycles. The van der Waals surface area contributed by atoms with Gasteiger partial charge in [0.25, 0.3) is 11.6 Å². The Morgan fingerprint density at radius 2 is 1.86 bits per heavy atom. The van der Waals surface area contributed by atoms with Crippen LogP contribution in [0, 0.1) is 10.1 Å². The Hall–Kier alpha value is -3.82. The Balaban J connectivity index is 1.69. The van der Waals surface area contributed by atoms with Crippen LogP contribution in [0.2, 0.25) is 0 Å². The highest BCUT2D eigenvalue weighted by molar-refractivity contribution is 6.00. The monoisotopic (exact) mass is 401 g/mol.